The first kappa shape index (κ1) is 21.9. The van der Waals surface area contributed by atoms with E-state index in [0.717, 1.165) is 18.9 Å². The molecule has 2 fully saturated rings. The molecule has 0 bridgehead atoms. The molecule has 1 aliphatic heterocycles. The lowest BCUT2D eigenvalue weighted by Gasteiger charge is -2.41. The van der Waals surface area contributed by atoms with E-state index in [9.17, 15) is 18.4 Å². The van der Waals surface area contributed by atoms with E-state index < -0.39 is 29.1 Å². The van der Waals surface area contributed by atoms with Crippen LogP contribution in [0.15, 0.2) is 42.5 Å². The van der Waals surface area contributed by atoms with Gasteiger partial charge >= 0.3 is 0 Å². The van der Waals surface area contributed by atoms with Crippen LogP contribution in [0.25, 0.3) is 0 Å². The molecule has 0 unspecified atom stereocenters. The zero-order valence-electron chi connectivity index (χ0n) is 18.0. The van der Waals surface area contributed by atoms with Crippen LogP contribution < -0.4 is 10.6 Å². The zero-order chi connectivity index (χ0) is 23.0. The molecule has 1 saturated carbocycles. The molecule has 0 aromatic heterocycles. The molecule has 1 aliphatic carbocycles. The second kappa shape index (κ2) is 8.33. The van der Waals surface area contributed by atoms with E-state index in [1.54, 1.807) is 19.1 Å². The van der Waals surface area contributed by atoms with Gasteiger partial charge in [-0.3, -0.25) is 19.9 Å². The first-order valence-corrected chi connectivity index (χ1v) is 10.7. The van der Waals surface area contributed by atoms with Crippen molar-refractivity contribution < 1.29 is 18.4 Å². The summed E-state index contributed by atoms with van der Waals surface area (Å²) in [5.74, 6) is -1.35. The SMILES string of the molecule is C[C@H](NC(=O)c1cc(F)cc(CN2C(=N)N[C@](C)(C3CC3)CC2=O)c1)c1cccc(F)c1. The standard InChI is InChI=1S/C24H26F2N4O2/c1-14(16-4-3-5-19(25)10-16)28-22(32)17-8-15(9-20(26)11-17)13-30-21(31)12-24(2,18-6-7-18)29-23(30)27/h3-5,8-11,14,18H,6-7,12-13H2,1-2H3,(H2,27,29)(H,28,32)/t14-,24-/m0/s1. The van der Waals surface area contributed by atoms with Gasteiger partial charge in [-0.1, -0.05) is 12.1 Å². The van der Waals surface area contributed by atoms with Crippen molar-refractivity contribution in [2.75, 3.05) is 0 Å². The summed E-state index contributed by atoms with van der Waals surface area (Å²) >= 11 is 0. The van der Waals surface area contributed by atoms with Gasteiger partial charge in [-0.05, 0) is 74.1 Å². The number of amides is 2. The number of hydrogen-bond acceptors (Lipinski definition) is 3. The molecule has 4 rings (SSSR count). The molecule has 0 spiro atoms. The third-order valence-corrected chi connectivity index (χ3v) is 6.23. The van der Waals surface area contributed by atoms with Crippen LogP contribution in [0, 0.1) is 23.0 Å². The van der Waals surface area contributed by atoms with Gasteiger partial charge in [0.1, 0.15) is 11.6 Å². The van der Waals surface area contributed by atoms with E-state index in [0.29, 0.717) is 17.0 Å². The Morgan fingerprint density at radius 2 is 2.00 bits per heavy atom. The molecule has 2 aromatic carbocycles. The number of nitrogens with zero attached hydrogens (tertiary/aromatic N) is 1. The van der Waals surface area contributed by atoms with Gasteiger partial charge in [-0.2, -0.15) is 0 Å². The van der Waals surface area contributed by atoms with Crippen molar-refractivity contribution in [2.24, 2.45) is 5.92 Å². The fourth-order valence-electron chi connectivity index (χ4n) is 4.25. The molecule has 2 aromatic rings. The summed E-state index contributed by atoms with van der Waals surface area (Å²) in [6.45, 7) is 3.66. The van der Waals surface area contributed by atoms with Crippen LogP contribution in [0.4, 0.5) is 8.78 Å². The molecule has 6 nitrogen and oxygen atoms in total. The van der Waals surface area contributed by atoms with Gasteiger partial charge in [0.25, 0.3) is 5.91 Å². The maximum Gasteiger partial charge on any atom is 0.251 e. The summed E-state index contributed by atoms with van der Waals surface area (Å²) in [6, 6.07) is 9.29. The molecule has 168 valence electrons. The second-order valence-electron chi connectivity index (χ2n) is 8.92. The van der Waals surface area contributed by atoms with Crippen molar-refractivity contribution in [3.63, 3.8) is 0 Å². The first-order valence-electron chi connectivity index (χ1n) is 10.7. The lowest BCUT2D eigenvalue weighted by Crippen LogP contribution is -2.61. The molecule has 3 N–H and O–H groups in total. The number of benzene rings is 2. The summed E-state index contributed by atoms with van der Waals surface area (Å²) in [7, 11) is 0. The topological polar surface area (TPSA) is 85.3 Å². The average molecular weight is 440 g/mol. The number of carbonyl (C=O) groups excluding carboxylic acids is 2. The Bertz CT molecular complexity index is 1070. The molecule has 2 atom stereocenters. The van der Waals surface area contributed by atoms with Crippen molar-refractivity contribution in [3.8, 4) is 0 Å². The Morgan fingerprint density at radius 3 is 2.66 bits per heavy atom. The van der Waals surface area contributed by atoms with E-state index >= 15 is 0 Å². The molecule has 1 saturated heterocycles. The average Bonchev–Trinajstić information content (AvgIpc) is 3.56. The fraction of sp³-hybridized carbons (Fsp3) is 0.375. The predicted molar refractivity (Wildman–Crippen MR) is 116 cm³/mol. The van der Waals surface area contributed by atoms with Crippen molar-refractivity contribution in [3.05, 3.63) is 70.8 Å². The molecular formula is C24H26F2N4O2. The van der Waals surface area contributed by atoms with E-state index in [1.807, 2.05) is 6.92 Å². The van der Waals surface area contributed by atoms with Gasteiger partial charge in [-0.15, -0.1) is 0 Å². The van der Waals surface area contributed by atoms with Gasteiger partial charge in [0, 0.05) is 11.1 Å². The van der Waals surface area contributed by atoms with Gasteiger partial charge in [0.05, 0.1) is 19.0 Å². The number of nitrogens with one attached hydrogen (secondary N) is 3. The van der Waals surface area contributed by atoms with Crippen molar-refractivity contribution in [1.82, 2.24) is 15.5 Å². The highest BCUT2D eigenvalue weighted by Crippen LogP contribution is 2.43. The summed E-state index contributed by atoms with van der Waals surface area (Å²) < 4.78 is 27.7. The predicted octanol–water partition coefficient (Wildman–Crippen LogP) is 3.88. The maximum atomic E-state index is 14.3. The Balaban J connectivity index is 1.47. The third kappa shape index (κ3) is 4.64. The third-order valence-electron chi connectivity index (χ3n) is 6.23. The van der Waals surface area contributed by atoms with Crippen LogP contribution in [0.3, 0.4) is 0 Å². The van der Waals surface area contributed by atoms with Crippen LogP contribution in [-0.4, -0.2) is 28.2 Å². The number of carbonyl (C=O) groups is 2. The summed E-state index contributed by atoms with van der Waals surface area (Å²) in [5, 5.41) is 14.2. The first-order chi connectivity index (χ1) is 15.1. The Kier molecular flexibility index (Phi) is 5.71. The smallest absolute Gasteiger partial charge is 0.251 e. The quantitative estimate of drug-likeness (QED) is 0.637. The second-order valence-corrected chi connectivity index (χ2v) is 8.92. The van der Waals surface area contributed by atoms with Crippen LogP contribution in [0.2, 0.25) is 0 Å². The summed E-state index contributed by atoms with van der Waals surface area (Å²) in [5.41, 5.74) is 0.677. The molecule has 8 heteroatoms. The largest absolute Gasteiger partial charge is 0.350 e. The highest BCUT2D eigenvalue weighted by Gasteiger charge is 2.47. The van der Waals surface area contributed by atoms with Crippen molar-refractivity contribution >= 4 is 17.8 Å². The number of rotatable bonds is 6. The van der Waals surface area contributed by atoms with Gasteiger partial charge in [-0.25, -0.2) is 8.78 Å². The van der Waals surface area contributed by atoms with Crippen LogP contribution >= 0.6 is 0 Å². The zero-order valence-corrected chi connectivity index (χ0v) is 18.0. The van der Waals surface area contributed by atoms with E-state index in [-0.39, 0.29) is 30.4 Å². The molecule has 2 amide bonds. The van der Waals surface area contributed by atoms with Gasteiger partial charge in [0.2, 0.25) is 5.91 Å². The Labute approximate surface area is 185 Å². The van der Waals surface area contributed by atoms with Crippen LogP contribution in [-0.2, 0) is 11.3 Å². The van der Waals surface area contributed by atoms with Crippen molar-refractivity contribution in [2.45, 2.75) is 51.2 Å². The highest BCUT2D eigenvalue weighted by atomic mass is 19.1. The Hall–Kier alpha value is -3.29. The molecule has 0 radical (unpaired) electrons. The van der Waals surface area contributed by atoms with Crippen LogP contribution in [0.5, 0.6) is 0 Å². The van der Waals surface area contributed by atoms with Crippen LogP contribution in [0.1, 0.15) is 60.6 Å². The van der Waals surface area contributed by atoms with E-state index in [1.165, 1.54) is 29.2 Å². The number of halogens is 2. The lowest BCUT2D eigenvalue weighted by molar-refractivity contribution is -0.131. The van der Waals surface area contributed by atoms with Gasteiger partial charge in [0.15, 0.2) is 5.96 Å². The lowest BCUT2D eigenvalue weighted by atomic mass is 9.89. The molecule has 2 aliphatic rings. The van der Waals surface area contributed by atoms with Crippen molar-refractivity contribution in [1.29, 1.82) is 5.41 Å². The number of guanidine groups is 1. The summed E-state index contributed by atoms with van der Waals surface area (Å²) in [4.78, 5) is 26.7. The highest BCUT2D eigenvalue weighted by molar-refractivity contribution is 5.99. The number of hydrogen-bond donors (Lipinski definition) is 3. The molecule has 1 heterocycles. The Morgan fingerprint density at radius 1 is 1.25 bits per heavy atom. The van der Waals surface area contributed by atoms with E-state index in [2.05, 4.69) is 10.6 Å². The molecular weight excluding hydrogens is 414 g/mol. The minimum absolute atomic E-state index is 0.00867. The van der Waals surface area contributed by atoms with Gasteiger partial charge < -0.3 is 10.6 Å². The normalized spacial score (nSPS) is 21.8. The minimum Gasteiger partial charge on any atom is -0.350 e. The minimum atomic E-state index is -0.613. The monoisotopic (exact) mass is 440 g/mol. The maximum absolute atomic E-state index is 14.3. The fourth-order valence-corrected chi connectivity index (χ4v) is 4.25. The molecule has 32 heavy (non-hydrogen) atoms. The van der Waals surface area contributed by atoms with E-state index in [4.69, 9.17) is 5.41 Å². The summed E-state index contributed by atoms with van der Waals surface area (Å²) in [6.07, 6.45) is 2.36.